The Balaban J connectivity index is 5.51. The molecule has 0 unspecified atom stereocenters. The molecule has 0 aromatic carbocycles. The maximum Gasteiger partial charge on any atom is 0.408 e. The molecule has 0 aliphatic rings. The normalized spacial score (nSPS) is 14.4. The van der Waals surface area contributed by atoms with Gasteiger partial charge >= 0.3 is 12.1 Å². The zero-order chi connectivity index (χ0) is 26.2. The summed E-state index contributed by atoms with van der Waals surface area (Å²) in [7, 11) is 0. The molecule has 0 bridgehead atoms. The second-order valence-corrected chi connectivity index (χ2v) is 10.6. The van der Waals surface area contributed by atoms with Crippen LogP contribution in [0.25, 0.3) is 0 Å². The van der Waals surface area contributed by atoms with Gasteiger partial charge < -0.3 is 20.9 Å². The molecule has 0 fully saturated rings. The summed E-state index contributed by atoms with van der Waals surface area (Å²) in [6.45, 7) is 11.8. The van der Waals surface area contributed by atoms with Gasteiger partial charge in [0.1, 0.15) is 5.60 Å². The van der Waals surface area contributed by atoms with Crippen molar-refractivity contribution in [2.24, 2.45) is 17.4 Å². The first-order valence-corrected chi connectivity index (χ1v) is 13.1. The van der Waals surface area contributed by atoms with Crippen molar-refractivity contribution < 1.29 is 23.9 Å². The van der Waals surface area contributed by atoms with Crippen molar-refractivity contribution in [2.45, 2.75) is 129 Å². The number of hydrogen-bond acceptors (Lipinski definition) is 7. The van der Waals surface area contributed by atoms with Crippen molar-refractivity contribution in [1.29, 1.82) is 0 Å². The van der Waals surface area contributed by atoms with E-state index < -0.39 is 35.0 Å². The van der Waals surface area contributed by atoms with E-state index in [0.29, 0.717) is 25.8 Å². The lowest BCUT2D eigenvalue weighted by Crippen LogP contribution is -2.65. The van der Waals surface area contributed by atoms with Crippen molar-refractivity contribution in [1.82, 2.24) is 5.32 Å². The molecule has 1 amide bonds. The standard InChI is InChI=1S/C26H51N3O5/c1-7-8-9-10-11-12-15-18-33-23(31)26(19-20(2)3,29-24(32)34-25(4,5)6)22(30)21(28)16-13-14-17-27/h20-21H,7-19,27-28H2,1-6H3,(H,29,32)/t21-,26+/m0/s1. The molecule has 200 valence electrons. The smallest absolute Gasteiger partial charge is 0.408 e. The minimum absolute atomic E-state index is 0.0749. The van der Waals surface area contributed by atoms with Crippen LogP contribution in [0.3, 0.4) is 0 Å². The molecule has 0 spiro atoms. The van der Waals surface area contributed by atoms with Gasteiger partial charge in [0.2, 0.25) is 5.54 Å². The van der Waals surface area contributed by atoms with Crippen LogP contribution < -0.4 is 16.8 Å². The minimum atomic E-state index is -1.89. The highest BCUT2D eigenvalue weighted by Crippen LogP contribution is 2.24. The number of unbranched alkanes of at least 4 members (excludes halogenated alkanes) is 7. The molecule has 34 heavy (non-hydrogen) atoms. The maximum atomic E-state index is 13.5. The Morgan fingerprint density at radius 2 is 1.50 bits per heavy atom. The van der Waals surface area contributed by atoms with E-state index in [4.69, 9.17) is 20.9 Å². The van der Waals surface area contributed by atoms with E-state index in [1.165, 1.54) is 19.3 Å². The van der Waals surface area contributed by atoms with Crippen LogP contribution in [0.5, 0.6) is 0 Å². The van der Waals surface area contributed by atoms with Gasteiger partial charge in [-0.15, -0.1) is 0 Å². The number of Topliss-reactive ketones (excluding diaryl/α,β-unsaturated/α-hetero) is 1. The number of nitrogens with two attached hydrogens (primary N) is 2. The lowest BCUT2D eigenvalue weighted by Gasteiger charge is -2.35. The first-order valence-electron chi connectivity index (χ1n) is 13.1. The van der Waals surface area contributed by atoms with E-state index in [1.807, 2.05) is 13.8 Å². The first-order chi connectivity index (χ1) is 15.9. The first kappa shape index (κ1) is 32.3. The monoisotopic (exact) mass is 485 g/mol. The third-order valence-electron chi connectivity index (χ3n) is 5.48. The molecule has 0 radical (unpaired) electrons. The van der Waals surface area contributed by atoms with E-state index in [-0.39, 0.29) is 18.9 Å². The zero-order valence-electron chi connectivity index (χ0n) is 22.5. The summed E-state index contributed by atoms with van der Waals surface area (Å²) in [5, 5.41) is 2.57. The van der Waals surface area contributed by atoms with Gasteiger partial charge in [0.25, 0.3) is 0 Å². The van der Waals surface area contributed by atoms with Crippen LogP contribution in [-0.2, 0) is 19.1 Å². The van der Waals surface area contributed by atoms with Crippen molar-refractivity contribution >= 4 is 17.8 Å². The number of carbonyl (C=O) groups is 3. The average molecular weight is 486 g/mol. The molecule has 0 aliphatic carbocycles. The summed E-state index contributed by atoms with van der Waals surface area (Å²) < 4.78 is 10.9. The maximum absolute atomic E-state index is 13.5. The summed E-state index contributed by atoms with van der Waals surface area (Å²) in [6, 6.07) is -0.925. The van der Waals surface area contributed by atoms with Crippen LogP contribution in [0.15, 0.2) is 0 Å². The van der Waals surface area contributed by atoms with Gasteiger partial charge in [0.15, 0.2) is 5.78 Å². The second kappa shape index (κ2) is 16.9. The SMILES string of the molecule is CCCCCCCCCOC(=O)[C@](CC(C)C)(NC(=O)OC(C)(C)C)C(=O)[C@@H](N)CCCCN. The highest BCUT2D eigenvalue weighted by atomic mass is 16.6. The van der Waals surface area contributed by atoms with Gasteiger partial charge in [-0.2, -0.15) is 0 Å². The number of rotatable bonds is 18. The molecule has 2 atom stereocenters. The quantitative estimate of drug-likeness (QED) is 0.146. The van der Waals surface area contributed by atoms with Gasteiger partial charge in [0, 0.05) is 0 Å². The molecule has 0 heterocycles. The molecule has 0 aromatic heterocycles. The number of nitrogens with one attached hydrogen (secondary N) is 1. The minimum Gasteiger partial charge on any atom is -0.464 e. The molecule has 8 nitrogen and oxygen atoms in total. The summed E-state index contributed by atoms with van der Waals surface area (Å²) in [5.74, 6) is -1.40. The number of ether oxygens (including phenoxy) is 2. The predicted molar refractivity (Wildman–Crippen MR) is 136 cm³/mol. The molecule has 5 N–H and O–H groups in total. The lowest BCUT2D eigenvalue weighted by molar-refractivity contribution is -0.157. The van der Waals surface area contributed by atoms with Crippen LogP contribution in [-0.4, -0.2) is 48.2 Å². The number of alkyl carbamates (subject to hydrolysis) is 1. The molecule has 0 rings (SSSR count). The van der Waals surface area contributed by atoms with Gasteiger partial charge in [-0.3, -0.25) is 10.1 Å². The number of ketones is 1. The Morgan fingerprint density at radius 1 is 0.912 bits per heavy atom. The highest BCUT2D eigenvalue weighted by Gasteiger charge is 2.51. The third-order valence-corrected chi connectivity index (χ3v) is 5.48. The molecule has 0 aromatic rings. The van der Waals surface area contributed by atoms with Gasteiger partial charge in [-0.25, -0.2) is 9.59 Å². The fourth-order valence-corrected chi connectivity index (χ4v) is 3.84. The average Bonchev–Trinajstić information content (AvgIpc) is 2.72. The molecular formula is C26H51N3O5. The summed E-state index contributed by atoms with van der Waals surface area (Å²) in [5.41, 5.74) is 9.08. The van der Waals surface area contributed by atoms with Crippen LogP contribution >= 0.6 is 0 Å². The molecule has 0 saturated heterocycles. The van der Waals surface area contributed by atoms with Crippen molar-refractivity contribution in [3.8, 4) is 0 Å². The molecule has 0 saturated carbocycles. The van der Waals surface area contributed by atoms with Crippen molar-refractivity contribution in [2.75, 3.05) is 13.2 Å². The van der Waals surface area contributed by atoms with E-state index in [9.17, 15) is 14.4 Å². The van der Waals surface area contributed by atoms with E-state index in [2.05, 4.69) is 12.2 Å². The van der Waals surface area contributed by atoms with Crippen LogP contribution in [0.2, 0.25) is 0 Å². The molecule has 0 aliphatic heterocycles. The number of carbonyl (C=O) groups excluding carboxylic acids is 3. The second-order valence-electron chi connectivity index (χ2n) is 10.6. The Bertz CT molecular complexity index is 604. The Kier molecular flexibility index (Phi) is 16.0. The molecular weight excluding hydrogens is 434 g/mol. The highest BCUT2D eigenvalue weighted by molar-refractivity contribution is 6.12. The van der Waals surface area contributed by atoms with Gasteiger partial charge in [-0.1, -0.05) is 65.7 Å². The number of amides is 1. The summed E-state index contributed by atoms with van der Waals surface area (Å²) in [4.78, 5) is 39.6. The van der Waals surface area contributed by atoms with E-state index in [0.717, 1.165) is 25.7 Å². The predicted octanol–water partition coefficient (Wildman–Crippen LogP) is 4.62. The largest absolute Gasteiger partial charge is 0.464 e. The topological polar surface area (TPSA) is 134 Å². The van der Waals surface area contributed by atoms with Crippen LogP contribution in [0.1, 0.15) is 112 Å². The third kappa shape index (κ3) is 13.3. The van der Waals surface area contributed by atoms with Crippen LogP contribution in [0, 0.1) is 5.92 Å². The fourth-order valence-electron chi connectivity index (χ4n) is 3.84. The summed E-state index contributed by atoms with van der Waals surface area (Å²) >= 11 is 0. The van der Waals surface area contributed by atoms with E-state index >= 15 is 0 Å². The number of esters is 1. The Morgan fingerprint density at radius 3 is 2.03 bits per heavy atom. The van der Waals surface area contributed by atoms with Crippen LogP contribution in [0.4, 0.5) is 4.79 Å². The van der Waals surface area contributed by atoms with Crippen molar-refractivity contribution in [3.63, 3.8) is 0 Å². The number of hydrogen-bond donors (Lipinski definition) is 3. The summed E-state index contributed by atoms with van der Waals surface area (Å²) in [6.07, 6.45) is 8.51. The van der Waals surface area contributed by atoms with E-state index in [1.54, 1.807) is 20.8 Å². The zero-order valence-corrected chi connectivity index (χ0v) is 22.5. The fraction of sp³-hybridized carbons (Fsp3) is 0.885. The Labute approximate surface area is 207 Å². The van der Waals surface area contributed by atoms with Gasteiger partial charge in [-0.05, 0) is 58.9 Å². The van der Waals surface area contributed by atoms with Gasteiger partial charge in [0.05, 0.1) is 12.6 Å². The van der Waals surface area contributed by atoms with Crippen molar-refractivity contribution in [3.05, 3.63) is 0 Å². The molecule has 8 heteroatoms. The Hall–Kier alpha value is -1.67. The lowest BCUT2D eigenvalue weighted by atomic mass is 9.81.